The number of halogens is 4. The molecule has 0 amide bonds. The van der Waals surface area contributed by atoms with E-state index in [0.29, 0.717) is 19.5 Å². The molecule has 26 heavy (non-hydrogen) atoms. The molecule has 0 radical (unpaired) electrons. The molecule has 2 N–H and O–H groups in total. The molecule has 1 aliphatic carbocycles. The fourth-order valence-electron chi connectivity index (χ4n) is 3.01. The van der Waals surface area contributed by atoms with Gasteiger partial charge in [-0.1, -0.05) is 6.42 Å². The zero-order valence-electron chi connectivity index (χ0n) is 16.1. The van der Waals surface area contributed by atoms with Gasteiger partial charge in [0.15, 0.2) is 5.96 Å². The highest BCUT2D eigenvalue weighted by Gasteiger charge is 2.36. The minimum absolute atomic E-state index is 0. The number of rotatable bonds is 11. The number of hydrogen-bond acceptors (Lipinski definition) is 3. The maximum Gasteiger partial charge on any atom is 0.401 e. The van der Waals surface area contributed by atoms with Gasteiger partial charge in [0.2, 0.25) is 0 Å². The van der Waals surface area contributed by atoms with E-state index in [0.717, 1.165) is 32.1 Å². The Morgan fingerprint density at radius 3 is 2.46 bits per heavy atom. The third kappa shape index (κ3) is 10.8. The second-order valence-electron chi connectivity index (χ2n) is 6.92. The highest BCUT2D eigenvalue weighted by Crippen LogP contribution is 2.44. The Labute approximate surface area is 172 Å². The van der Waals surface area contributed by atoms with Gasteiger partial charge in [0.25, 0.3) is 0 Å². The molecule has 0 aromatic carbocycles. The molecular formula is C17H34F3IN4O. The largest absolute Gasteiger partial charge is 0.401 e. The lowest BCUT2D eigenvalue weighted by Crippen LogP contribution is -2.41. The third-order valence-corrected chi connectivity index (χ3v) is 4.63. The van der Waals surface area contributed by atoms with Crippen LogP contribution in [0.2, 0.25) is 0 Å². The standard InChI is InChI=1S/C17H33F3N4O.HI/c1-4-21-15(22-10-6-11-24(2)14-17(18,19)20)23-13-16(7-5-8-16)9-12-25-3;/h4-14H2,1-3H3,(H2,21,22,23);1H. The van der Waals surface area contributed by atoms with Crippen LogP contribution in [0.1, 0.15) is 39.0 Å². The van der Waals surface area contributed by atoms with Crippen molar-refractivity contribution < 1.29 is 17.9 Å². The Kier molecular flexibility index (Phi) is 12.8. The van der Waals surface area contributed by atoms with Gasteiger partial charge in [-0.05, 0) is 51.6 Å². The van der Waals surface area contributed by atoms with Crippen LogP contribution >= 0.6 is 24.0 Å². The van der Waals surface area contributed by atoms with Gasteiger partial charge in [-0.25, -0.2) is 0 Å². The lowest BCUT2D eigenvalue weighted by Gasteiger charge is -2.40. The fraction of sp³-hybridized carbons (Fsp3) is 0.941. The minimum atomic E-state index is -4.14. The normalized spacial score (nSPS) is 16.8. The molecule has 1 rings (SSSR count). The van der Waals surface area contributed by atoms with Gasteiger partial charge < -0.3 is 15.4 Å². The van der Waals surface area contributed by atoms with Crippen LogP contribution in [0, 0.1) is 5.41 Å². The number of guanidine groups is 1. The summed E-state index contributed by atoms with van der Waals surface area (Å²) in [7, 11) is 3.21. The summed E-state index contributed by atoms with van der Waals surface area (Å²) >= 11 is 0. The molecule has 0 aliphatic heterocycles. The van der Waals surface area contributed by atoms with E-state index in [1.165, 1.54) is 31.2 Å². The Morgan fingerprint density at radius 1 is 1.27 bits per heavy atom. The highest BCUT2D eigenvalue weighted by molar-refractivity contribution is 14.0. The third-order valence-electron chi connectivity index (χ3n) is 4.63. The van der Waals surface area contributed by atoms with Crippen LogP contribution in [0.5, 0.6) is 0 Å². The summed E-state index contributed by atoms with van der Waals surface area (Å²) in [6.45, 7) is 4.39. The summed E-state index contributed by atoms with van der Waals surface area (Å²) in [5.74, 6) is 0.740. The Morgan fingerprint density at radius 2 is 1.96 bits per heavy atom. The summed E-state index contributed by atoms with van der Waals surface area (Å²) in [6, 6.07) is 0. The molecule has 0 aromatic rings. The van der Waals surface area contributed by atoms with Crippen LogP contribution in [0.15, 0.2) is 4.99 Å². The summed E-state index contributed by atoms with van der Waals surface area (Å²) in [4.78, 5) is 5.97. The summed E-state index contributed by atoms with van der Waals surface area (Å²) < 4.78 is 42.1. The molecule has 0 spiro atoms. The van der Waals surface area contributed by atoms with Gasteiger partial charge in [-0.15, -0.1) is 24.0 Å². The molecule has 1 aliphatic rings. The topological polar surface area (TPSA) is 48.9 Å². The summed E-state index contributed by atoms with van der Waals surface area (Å²) in [5, 5.41) is 6.42. The van der Waals surface area contributed by atoms with Crippen LogP contribution in [-0.4, -0.2) is 70.5 Å². The first-order valence-corrected chi connectivity index (χ1v) is 9.07. The van der Waals surface area contributed by atoms with Gasteiger partial charge in [0.05, 0.1) is 6.54 Å². The Bertz CT molecular complexity index is 404. The summed E-state index contributed by atoms with van der Waals surface area (Å²) in [5.41, 5.74) is 0.255. The van der Waals surface area contributed by atoms with Crippen molar-refractivity contribution in [3.63, 3.8) is 0 Å². The number of methoxy groups -OCH3 is 1. The molecule has 156 valence electrons. The van der Waals surface area contributed by atoms with Crippen LogP contribution < -0.4 is 10.6 Å². The van der Waals surface area contributed by atoms with E-state index >= 15 is 0 Å². The minimum Gasteiger partial charge on any atom is -0.385 e. The Hall–Kier alpha value is -0.290. The second-order valence-corrected chi connectivity index (χ2v) is 6.92. The van der Waals surface area contributed by atoms with Crippen molar-refractivity contribution in [3.8, 4) is 0 Å². The van der Waals surface area contributed by atoms with Gasteiger partial charge in [-0.2, -0.15) is 13.2 Å². The van der Waals surface area contributed by atoms with E-state index < -0.39 is 12.7 Å². The van der Waals surface area contributed by atoms with E-state index in [2.05, 4.69) is 15.6 Å². The number of nitrogens with zero attached hydrogens (tertiary/aromatic N) is 2. The number of nitrogens with one attached hydrogen (secondary N) is 2. The van der Waals surface area contributed by atoms with Gasteiger partial charge >= 0.3 is 6.18 Å². The van der Waals surface area contributed by atoms with E-state index in [1.807, 2.05) is 6.92 Å². The average Bonchev–Trinajstić information content (AvgIpc) is 2.48. The lowest BCUT2D eigenvalue weighted by molar-refractivity contribution is -0.143. The Balaban J connectivity index is 0.00000625. The molecule has 0 atom stereocenters. The SMILES string of the molecule is CCNC(=NCC1(CCOC)CCC1)NCCCN(C)CC(F)(F)F.I. The number of hydrogen-bond donors (Lipinski definition) is 2. The first-order chi connectivity index (χ1) is 11.8. The molecule has 1 fully saturated rings. The molecule has 0 bridgehead atoms. The molecule has 5 nitrogen and oxygen atoms in total. The molecule has 0 saturated heterocycles. The monoisotopic (exact) mass is 494 g/mol. The zero-order valence-corrected chi connectivity index (χ0v) is 18.5. The van der Waals surface area contributed by atoms with Gasteiger partial charge in [-0.3, -0.25) is 9.89 Å². The quantitative estimate of drug-likeness (QED) is 0.201. The highest BCUT2D eigenvalue weighted by atomic mass is 127. The van der Waals surface area contributed by atoms with Crippen molar-refractivity contribution >= 4 is 29.9 Å². The predicted octanol–water partition coefficient (Wildman–Crippen LogP) is 3.25. The molecule has 0 unspecified atom stereocenters. The van der Waals surface area contributed by atoms with E-state index in [4.69, 9.17) is 4.74 Å². The van der Waals surface area contributed by atoms with E-state index in [1.54, 1.807) is 7.11 Å². The van der Waals surface area contributed by atoms with Crippen molar-refractivity contribution in [3.05, 3.63) is 0 Å². The molecule has 0 heterocycles. The van der Waals surface area contributed by atoms with Crippen molar-refractivity contribution in [2.24, 2.45) is 10.4 Å². The first-order valence-electron chi connectivity index (χ1n) is 9.07. The molecule has 0 aromatic heterocycles. The zero-order chi connectivity index (χ0) is 18.8. The van der Waals surface area contributed by atoms with Crippen LogP contribution in [0.3, 0.4) is 0 Å². The molecular weight excluding hydrogens is 460 g/mol. The fourth-order valence-corrected chi connectivity index (χ4v) is 3.01. The molecule has 9 heteroatoms. The second kappa shape index (κ2) is 13.0. The molecule has 1 saturated carbocycles. The predicted molar refractivity (Wildman–Crippen MR) is 110 cm³/mol. The van der Waals surface area contributed by atoms with E-state index in [-0.39, 0.29) is 29.4 Å². The maximum atomic E-state index is 12.3. The number of alkyl halides is 3. The van der Waals surface area contributed by atoms with Crippen LogP contribution in [0.4, 0.5) is 13.2 Å². The number of aliphatic imine (C=N–C) groups is 1. The average molecular weight is 494 g/mol. The number of ether oxygens (including phenoxy) is 1. The van der Waals surface area contributed by atoms with E-state index in [9.17, 15) is 13.2 Å². The summed E-state index contributed by atoms with van der Waals surface area (Å²) in [6.07, 6.45) is 1.12. The maximum absolute atomic E-state index is 12.3. The first kappa shape index (κ1) is 25.7. The van der Waals surface area contributed by atoms with Gasteiger partial charge in [0.1, 0.15) is 0 Å². The van der Waals surface area contributed by atoms with Crippen LogP contribution in [-0.2, 0) is 4.74 Å². The van der Waals surface area contributed by atoms with Crippen molar-refractivity contribution in [1.82, 2.24) is 15.5 Å². The van der Waals surface area contributed by atoms with Crippen molar-refractivity contribution in [2.75, 3.05) is 53.5 Å². The van der Waals surface area contributed by atoms with Gasteiger partial charge in [0, 0.05) is 33.4 Å². The van der Waals surface area contributed by atoms with Crippen LogP contribution in [0.25, 0.3) is 0 Å². The van der Waals surface area contributed by atoms with Crippen molar-refractivity contribution in [1.29, 1.82) is 0 Å². The lowest BCUT2D eigenvalue weighted by atomic mass is 9.67. The van der Waals surface area contributed by atoms with Crippen molar-refractivity contribution in [2.45, 2.75) is 45.2 Å². The smallest absolute Gasteiger partial charge is 0.385 e.